The molecule has 104 valence electrons. The van der Waals surface area contributed by atoms with E-state index in [-0.39, 0.29) is 0 Å². The lowest BCUT2D eigenvalue weighted by Gasteiger charge is -2.25. The molecule has 1 aliphatic heterocycles. The summed E-state index contributed by atoms with van der Waals surface area (Å²) in [5.41, 5.74) is 3.72. The molecule has 0 aromatic carbocycles. The van der Waals surface area contributed by atoms with Gasteiger partial charge < -0.3 is 10.2 Å². The van der Waals surface area contributed by atoms with E-state index in [1.54, 1.807) is 0 Å². The number of nitrogens with one attached hydrogen (secondary N) is 1. The standard InChI is InChI=1S/C15H24N4/c1-11(2)16-9-14-10-17-15(18-13(14)4)19-7-5-12(3)6-8-19/h5,10-11,16H,6-9H2,1-4H3. The second-order valence-corrected chi connectivity index (χ2v) is 5.56. The van der Waals surface area contributed by atoms with Gasteiger partial charge in [-0.2, -0.15) is 0 Å². The van der Waals surface area contributed by atoms with Crippen LogP contribution in [0.1, 0.15) is 38.4 Å². The van der Waals surface area contributed by atoms with E-state index in [9.17, 15) is 0 Å². The quantitative estimate of drug-likeness (QED) is 0.844. The van der Waals surface area contributed by atoms with Gasteiger partial charge in [0.25, 0.3) is 0 Å². The zero-order chi connectivity index (χ0) is 13.8. The molecule has 2 heterocycles. The summed E-state index contributed by atoms with van der Waals surface area (Å²) >= 11 is 0. The van der Waals surface area contributed by atoms with Crippen molar-refractivity contribution in [2.24, 2.45) is 0 Å². The molecule has 0 saturated carbocycles. The summed E-state index contributed by atoms with van der Waals surface area (Å²) in [5.74, 6) is 0.856. The first-order valence-electron chi connectivity index (χ1n) is 7.02. The van der Waals surface area contributed by atoms with Crippen molar-refractivity contribution in [2.75, 3.05) is 18.0 Å². The van der Waals surface area contributed by atoms with Gasteiger partial charge in [-0.25, -0.2) is 9.97 Å². The normalized spacial score (nSPS) is 15.8. The maximum Gasteiger partial charge on any atom is 0.225 e. The van der Waals surface area contributed by atoms with Crippen molar-refractivity contribution < 1.29 is 0 Å². The topological polar surface area (TPSA) is 41.1 Å². The van der Waals surface area contributed by atoms with Crippen LogP contribution in [0.15, 0.2) is 17.8 Å². The van der Waals surface area contributed by atoms with Gasteiger partial charge in [0.15, 0.2) is 0 Å². The number of aromatic nitrogens is 2. The third-order valence-corrected chi connectivity index (χ3v) is 3.49. The van der Waals surface area contributed by atoms with Gasteiger partial charge >= 0.3 is 0 Å². The van der Waals surface area contributed by atoms with E-state index in [1.807, 2.05) is 6.20 Å². The van der Waals surface area contributed by atoms with Crippen molar-refractivity contribution in [1.29, 1.82) is 0 Å². The fraction of sp³-hybridized carbons (Fsp3) is 0.600. The average Bonchev–Trinajstić information content (AvgIpc) is 2.38. The highest BCUT2D eigenvalue weighted by atomic mass is 15.2. The first-order valence-corrected chi connectivity index (χ1v) is 7.02. The molecule has 0 saturated heterocycles. The number of hydrogen-bond acceptors (Lipinski definition) is 4. The van der Waals surface area contributed by atoms with Crippen molar-refractivity contribution in [3.8, 4) is 0 Å². The number of aryl methyl sites for hydroxylation is 1. The third-order valence-electron chi connectivity index (χ3n) is 3.49. The molecule has 1 N–H and O–H groups in total. The van der Waals surface area contributed by atoms with Crippen LogP contribution in [0.3, 0.4) is 0 Å². The number of hydrogen-bond donors (Lipinski definition) is 1. The van der Waals surface area contributed by atoms with E-state index in [0.29, 0.717) is 6.04 Å². The number of anilines is 1. The van der Waals surface area contributed by atoms with Crippen LogP contribution in [0.25, 0.3) is 0 Å². The summed E-state index contributed by atoms with van der Waals surface area (Å²) in [6.07, 6.45) is 5.33. The predicted molar refractivity (Wildman–Crippen MR) is 79.3 cm³/mol. The van der Waals surface area contributed by atoms with Gasteiger partial charge in [0.2, 0.25) is 5.95 Å². The second kappa shape index (κ2) is 6.15. The molecule has 0 atom stereocenters. The van der Waals surface area contributed by atoms with Crippen LogP contribution >= 0.6 is 0 Å². The molecule has 4 heteroatoms. The second-order valence-electron chi connectivity index (χ2n) is 5.56. The Morgan fingerprint density at radius 3 is 2.74 bits per heavy atom. The van der Waals surface area contributed by atoms with Crippen molar-refractivity contribution in [1.82, 2.24) is 15.3 Å². The molecule has 4 nitrogen and oxygen atoms in total. The SMILES string of the molecule is CC1=CCN(c2ncc(CNC(C)C)c(C)n2)CC1. The summed E-state index contributed by atoms with van der Waals surface area (Å²) in [7, 11) is 0. The van der Waals surface area contributed by atoms with E-state index >= 15 is 0 Å². The van der Waals surface area contributed by atoms with Gasteiger partial charge in [-0.05, 0) is 20.3 Å². The highest BCUT2D eigenvalue weighted by molar-refractivity contribution is 5.36. The molecular formula is C15H24N4. The Labute approximate surface area is 115 Å². The van der Waals surface area contributed by atoms with E-state index in [1.165, 1.54) is 11.1 Å². The molecule has 19 heavy (non-hydrogen) atoms. The van der Waals surface area contributed by atoms with Crippen LogP contribution in [0.2, 0.25) is 0 Å². The summed E-state index contributed by atoms with van der Waals surface area (Å²) in [4.78, 5) is 11.4. The highest BCUT2D eigenvalue weighted by Gasteiger charge is 2.13. The smallest absolute Gasteiger partial charge is 0.225 e. The Hall–Kier alpha value is -1.42. The van der Waals surface area contributed by atoms with E-state index < -0.39 is 0 Å². The molecule has 0 radical (unpaired) electrons. The molecule has 1 aliphatic rings. The summed E-state index contributed by atoms with van der Waals surface area (Å²) in [6, 6.07) is 0.481. The molecular weight excluding hydrogens is 236 g/mol. The Morgan fingerprint density at radius 2 is 2.16 bits per heavy atom. The van der Waals surface area contributed by atoms with Crippen molar-refractivity contribution in [3.05, 3.63) is 29.1 Å². The van der Waals surface area contributed by atoms with Crippen molar-refractivity contribution in [2.45, 2.75) is 46.7 Å². The van der Waals surface area contributed by atoms with E-state index in [0.717, 1.165) is 37.7 Å². The molecule has 2 rings (SSSR count). The number of rotatable bonds is 4. The molecule has 0 bridgehead atoms. The largest absolute Gasteiger partial charge is 0.337 e. The van der Waals surface area contributed by atoms with Gasteiger partial charge in [0, 0.05) is 43.1 Å². The zero-order valence-corrected chi connectivity index (χ0v) is 12.4. The molecule has 1 aromatic rings. The monoisotopic (exact) mass is 260 g/mol. The molecule has 0 spiro atoms. The zero-order valence-electron chi connectivity index (χ0n) is 12.4. The van der Waals surface area contributed by atoms with E-state index in [4.69, 9.17) is 0 Å². The molecule has 1 aromatic heterocycles. The van der Waals surface area contributed by atoms with E-state index in [2.05, 4.69) is 54.0 Å². The maximum atomic E-state index is 4.65. The van der Waals surface area contributed by atoms with Gasteiger partial charge in [-0.15, -0.1) is 0 Å². The number of nitrogens with zero attached hydrogens (tertiary/aromatic N) is 3. The molecule has 0 unspecified atom stereocenters. The minimum absolute atomic E-state index is 0.481. The van der Waals surface area contributed by atoms with Gasteiger partial charge in [-0.3, -0.25) is 0 Å². The van der Waals surface area contributed by atoms with Gasteiger partial charge in [-0.1, -0.05) is 25.5 Å². The van der Waals surface area contributed by atoms with Crippen molar-refractivity contribution >= 4 is 5.95 Å². The Bertz CT molecular complexity index is 465. The lowest BCUT2D eigenvalue weighted by molar-refractivity contribution is 0.584. The van der Waals surface area contributed by atoms with Gasteiger partial charge in [0.1, 0.15) is 0 Å². The minimum Gasteiger partial charge on any atom is -0.337 e. The highest BCUT2D eigenvalue weighted by Crippen LogP contribution is 2.16. The average molecular weight is 260 g/mol. The molecule has 0 aliphatic carbocycles. The van der Waals surface area contributed by atoms with Crippen LogP contribution in [0.4, 0.5) is 5.95 Å². The van der Waals surface area contributed by atoms with Crippen molar-refractivity contribution in [3.63, 3.8) is 0 Å². The summed E-state index contributed by atoms with van der Waals surface area (Å²) in [5, 5.41) is 3.40. The van der Waals surface area contributed by atoms with Gasteiger partial charge in [0.05, 0.1) is 0 Å². The van der Waals surface area contributed by atoms with Crippen LogP contribution in [0, 0.1) is 6.92 Å². The molecule has 0 amide bonds. The predicted octanol–water partition coefficient (Wildman–Crippen LogP) is 2.44. The Balaban J connectivity index is 2.06. The summed E-state index contributed by atoms with van der Waals surface area (Å²) < 4.78 is 0. The van der Waals surface area contributed by atoms with Crippen LogP contribution < -0.4 is 10.2 Å². The first kappa shape index (κ1) is 14.0. The fourth-order valence-corrected chi connectivity index (χ4v) is 2.07. The molecule has 0 fully saturated rings. The van der Waals surface area contributed by atoms with Crippen LogP contribution in [-0.4, -0.2) is 29.1 Å². The third kappa shape index (κ3) is 3.77. The summed E-state index contributed by atoms with van der Waals surface area (Å²) in [6.45, 7) is 11.3. The Morgan fingerprint density at radius 1 is 1.37 bits per heavy atom. The first-order chi connectivity index (χ1) is 9.06. The lowest BCUT2D eigenvalue weighted by Crippen LogP contribution is -2.30. The fourth-order valence-electron chi connectivity index (χ4n) is 2.07. The minimum atomic E-state index is 0.481. The maximum absolute atomic E-state index is 4.65. The van der Waals surface area contributed by atoms with Crippen LogP contribution in [0.5, 0.6) is 0 Å². The Kier molecular flexibility index (Phi) is 4.53. The lowest BCUT2D eigenvalue weighted by atomic mass is 10.1. The van der Waals surface area contributed by atoms with Crippen LogP contribution in [-0.2, 0) is 6.54 Å².